The lowest BCUT2D eigenvalue weighted by Crippen LogP contribution is -2.30. The van der Waals surface area contributed by atoms with Gasteiger partial charge in [0.25, 0.3) is 0 Å². The van der Waals surface area contributed by atoms with Gasteiger partial charge in [-0.05, 0) is 25.3 Å². The van der Waals surface area contributed by atoms with Crippen LogP contribution in [0.3, 0.4) is 0 Å². The Morgan fingerprint density at radius 2 is 1.85 bits per heavy atom. The minimum atomic E-state index is -0.331. The Hall–Kier alpha value is -2.42. The number of nitrogens with two attached hydrogens (primary N) is 1. The third-order valence-electron chi connectivity index (χ3n) is 3.56. The first kappa shape index (κ1) is 12.6. The zero-order valence-electron chi connectivity index (χ0n) is 10.9. The van der Waals surface area contributed by atoms with Crippen LogP contribution in [0.25, 0.3) is 11.0 Å². The van der Waals surface area contributed by atoms with Gasteiger partial charge in [-0.25, -0.2) is 14.4 Å². The molecule has 0 unspecified atom stereocenters. The van der Waals surface area contributed by atoms with E-state index in [0.717, 1.165) is 25.9 Å². The second-order valence-electron chi connectivity index (χ2n) is 4.91. The first-order valence-electron chi connectivity index (χ1n) is 6.61. The lowest BCUT2D eigenvalue weighted by atomic mass is 10.1. The topological polar surface area (TPSA) is 78.8 Å². The Bertz CT molecular complexity index is 701. The molecule has 2 aromatic rings. The van der Waals surface area contributed by atoms with Gasteiger partial charge in [-0.15, -0.1) is 0 Å². The van der Waals surface area contributed by atoms with Crippen molar-refractivity contribution in [2.45, 2.75) is 19.3 Å². The molecule has 20 heavy (non-hydrogen) atoms. The van der Waals surface area contributed by atoms with Crippen LogP contribution in [0.5, 0.6) is 0 Å². The summed E-state index contributed by atoms with van der Waals surface area (Å²) in [4.78, 5) is 10.2. The van der Waals surface area contributed by atoms with Crippen molar-refractivity contribution in [3.63, 3.8) is 0 Å². The van der Waals surface area contributed by atoms with Crippen molar-refractivity contribution >= 4 is 22.5 Å². The number of fused-ring (bicyclic) bond motifs is 1. The largest absolute Gasteiger partial charge is 0.381 e. The fourth-order valence-corrected chi connectivity index (χ4v) is 2.54. The normalized spacial score (nSPS) is 15.3. The second kappa shape index (κ2) is 4.93. The number of hydrogen-bond donors (Lipinski definition) is 1. The number of rotatable bonds is 1. The molecule has 0 bridgehead atoms. The summed E-state index contributed by atoms with van der Waals surface area (Å²) >= 11 is 0. The molecule has 0 amide bonds. The zero-order chi connectivity index (χ0) is 14.1. The van der Waals surface area contributed by atoms with E-state index in [4.69, 9.17) is 11.0 Å². The van der Waals surface area contributed by atoms with Gasteiger partial charge in [0.15, 0.2) is 11.5 Å². The quantitative estimate of drug-likeness (QED) is 0.860. The summed E-state index contributed by atoms with van der Waals surface area (Å²) < 4.78 is 14.2. The molecule has 0 aliphatic carbocycles. The molecular weight excluding hydrogens is 257 g/mol. The van der Waals surface area contributed by atoms with Crippen molar-refractivity contribution in [1.82, 2.24) is 9.97 Å². The monoisotopic (exact) mass is 271 g/mol. The number of nitrogens with zero attached hydrogens (tertiary/aromatic N) is 4. The SMILES string of the molecule is N#Cc1nc2cc(F)c(N3CCCCC3)cc2nc1N. The number of hydrogen-bond acceptors (Lipinski definition) is 5. The highest BCUT2D eigenvalue weighted by atomic mass is 19.1. The molecule has 1 fully saturated rings. The molecule has 1 aliphatic rings. The molecule has 3 rings (SSSR count). The van der Waals surface area contributed by atoms with Crippen LogP contribution < -0.4 is 10.6 Å². The summed E-state index contributed by atoms with van der Waals surface area (Å²) in [6.07, 6.45) is 3.32. The number of nitriles is 1. The third-order valence-corrected chi connectivity index (χ3v) is 3.56. The summed E-state index contributed by atoms with van der Waals surface area (Å²) in [5.41, 5.74) is 7.10. The minimum absolute atomic E-state index is 0.0302. The van der Waals surface area contributed by atoms with Crippen LogP contribution in [0.2, 0.25) is 0 Å². The first-order chi connectivity index (χ1) is 9.69. The Labute approximate surface area is 115 Å². The lowest BCUT2D eigenvalue weighted by Gasteiger charge is -2.29. The molecule has 0 atom stereocenters. The maximum atomic E-state index is 14.2. The molecular formula is C14H14FN5. The number of piperidine rings is 1. The van der Waals surface area contributed by atoms with Crippen LogP contribution in [-0.4, -0.2) is 23.1 Å². The Morgan fingerprint density at radius 3 is 2.55 bits per heavy atom. The average molecular weight is 271 g/mol. The number of anilines is 2. The highest BCUT2D eigenvalue weighted by Gasteiger charge is 2.17. The molecule has 1 aromatic carbocycles. The van der Waals surface area contributed by atoms with E-state index in [-0.39, 0.29) is 17.3 Å². The molecule has 5 nitrogen and oxygen atoms in total. The average Bonchev–Trinajstić information content (AvgIpc) is 2.47. The molecule has 1 saturated heterocycles. The molecule has 0 spiro atoms. The highest BCUT2D eigenvalue weighted by Crippen LogP contribution is 2.27. The standard InChI is InChI=1S/C14H14FN5/c15-9-6-10-11(19-14(17)12(8-16)18-10)7-13(9)20-4-2-1-3-5-20/h6-7H,1-5H2,(H2,17,19). The first-order valence-corrected chi connectivity index (χ1v) is 6.61. The van der Waals surface area contributed by atoms with E-state index >= 15 is 0 Å². The van der Waals surface area contributed by atoms with E-state index < -0.39 is 0 Å². The molecule has 6 heteroatoms. The second-order valence-corrected chi connectivity index (χ2v) is 4.91. The van der Waals surface area contributed by atoms with Crippen LogP contribution in [-0.2, 0) is 0 Å². The van der Waals surface area contributed by atoms with Gasteiger partial charge in [-0.1, -0.05) is 0 Å². The number of halogens is 1. The van der Waals surface area contributed by atoms with Gasteiger partial charge in [-0.3, -0.25) is 0 Å². The molecule has 1 aromatic heterocycles. The molecule has 102 valence electrons. The van der Waals surface area contributed by atoms with Crippen LogP contribution >= 0.6 is 0 Å². The van der Waals surface area contributed by atoms with Crippen molar-refractivity contribution in [3.05, 3.63) is 23.6 Å². The summed E-state index contributed by atoms with van der Waals surface area (Å²) in [6.45, 7) is 1.70. The van der Waals surface area contributed by atoms with Crippen molar-refractivity contribution in [1.29, 1.82) is 5.26 Å². The van der Waals surface area contributed by atoms with Gasteiger partial charge in [0.2, 0.25) is 0 Å². The van der Waals surface area contributed by atoms with Gasteiger partial charge in [0, 0.05) is 19.2 Å². The summed E-state index contributed by atoms with van der Waals surface area (Å²) in [5, 5.41) is 8.87. The van der Waals surface area contributed by atoms with Crippen molar-refractivity contribution in [2.75, 3.05) is 23.7 Å². The molecule has 0 saturated carbocycles. The van der Waals surface area contributed by atoms with Gasteiger partial charge >= 0.3 is 0 Å². The maximum absolute atomic E-state index is 14.2. The zero-order valence-corrected chi connectivity index (χ0v) is 10.9. The van der Waals surface area contributed by atoms with E-state index in [2.05, 4.69) is 9.97 Å². The van der Waals surface area contributed by atoms with Crippen LogP contribution in [0.1, 0.15) is 25.0 Å². The maximum Gasteiger partial charge on any atom is 0.183 e. The van der Waals surface area contributed by atoms with E-state index in [9.17, 15) is 4.39 Å². The molecule has 2 heterocycles. The van der Waals surface area contributed by atoms with E-state index in [1.165, 1.54) is 12.5 Å². The van der Waals surface area contributed by atoms with Crippen LogP contribution in [0, 0.1) is 17.1 Å². The van der Waals surface area contributed by atoms with Crippen LogP contribution in [0.4, 0.5) is 15.9 Å². The molecule has 1 aliphatic heterocycles. The van der Waals surface area contributed by atoms with Crippen molar-refractivity contribution in [3.8, 4) is 6.07 Å². The fraction of sp³-hybridized carbons (Fsp3) is 0.357. The van der Waals surface area contributed by atoms with Crippen LogP contribution in [0.15, 0.2) is 12.1 Å². The summed E-state index contributed by atoms with van der Waals surface area (Å²) in [5.74, 6) is -0.251. The van der Waals surface area contributed by atoms with E-state index in [1.54, 1.807) is 6.07 Å². The number of nitrogen functional groups attached to an aromatic ring is 1. The van der Waals surface area contributed by atoms with Gasteiger partial charge in [0.1, 0.15) is 11.9 Å². The van der Waals surface area contributed by atoms with Crippen molar-refractivity contribution in [2.24, 2.45) is 0 Å². The van der Waals surface area contributed by atoms with Gasteiger partial charge < -0.3 is 10.6 Å². The minimum Gasteiger partial charge on any atom is -0.381 e. The fourth-order valence-electron chi connectivity index (χ4n) is 2.54. The molecule has 0 radical (unpaired) electrons. The predicted octanol–water partition coefficient (Wildman–Crippen LogP) is 2.21. The molecule has 2 N–H and O–H groups in total. The summed E-state index contributed by atoms with van der Waals surface area (Å²) in [6, 6.07) is 4.85. The number of benzene rings is 1. The van der Waals surface area contributed by atoms with E-state index in [0.29, 0.717) is 16.7 Å². The Kier molecular flexibility index (Phi) is 3.11. The predicted molar refractivity (Wildman–Crippen MR) is 74.7 cm³/mol. The highest BCUT2D eigenvalue weighted by molar-refractivity contribution is 5.81. The van der Waals surface area contributed by atoms with Crippen molar-refractivity contribution < 1.29 is 4.39 Å². The number of aromatic nitrogens is 2. The Balaban J connectivity index is 2.11. The lowest BCUT2D eigenvalue weighted by molar-refractivity contribution is 0.557. The van der Waals surface area contributed by atoms with Gasteiger partial charge in [0.05, 0.1) is 16.7 Å². The Morgan fingerprint density at radius 1 is 1.15 bits per heavy atom. The third kappa shape index (κ3) is 2.11. The smallest absolute Gasteiger partial charge is 0.183 e. The van der Waals surface area contributed by atoms with E-state index in [1.807, 2.05) is 11.0 Å². The van der Waals surface area contributed by atoms with Gasteiger partial charge in [-0.2, -0.15) is 5.26 Å². The summed E-state index contributed by atoms with van der Waals surface area (Å²) in [7, 11) is 0.